The van der Waals surface area contributed by atoms with E-state index >= 15 is 0 Å². The molecule has 2 aromatic heterocycles. The third-order valence-corrected chi connectivity index (χ3v) is 6.48. The lowest BCUT2D eigenvalue weighted by Gasteiger charge is -2.34. The summed E-state index contributed by atoms with van der Waals surface area (Å²) in [5, 5.41) is 9.01. The lowest BCUT2D eigenvalue weighted by Crippen LogP contribution is -2.44. The Labute approximate surface area is 172 Å². The maximum atomic E-state index is 12.5. The van der Waals surface area contributed by atoms with Gasteiger partial charge in [-0.2, -0.15) is 0 Å². The summed E-state index contributed by atoms with van der Waals surface area (Å²) in [5.74, 6) is -0.0119. The lowest BCUT2D eigenvalue weighted by atomic mass is 10.2. The summed E-state index contributed by atoms with van der Waals surface area (Å²) in [6, 6.07) is 3.50. The van der Waals surface area contributed by atoms with Crippen molar-refractivity contribution in [2.24, 2.45) is 5.92 Å². The number of carbonyl (C=O) groups excluding carboxylic acids is 2. The highest BCUT2D eigenvalue weighted by molar-refractivity contribution is 7.18. The molecule has 0 aromatic carbocycles. The van der Waals surface area contributed by atoms with E-state index in [4.69, 9.17) is 4.74 Å². The molecule has 1 saturated heterocycles. The van der Waals surface area contributed by atoms with E-state index in [1.807, 2.05) is 5.38 Å². The SMILES string of the molecule is C[C@H]1CN(Cc2csc(NC(=O)c3ccc(NC(=O)C4CC4)s3)n2)C[C@H](C)O1. The Balaban J connectivity index is 1.31. The highest BCUT2D eigenvalue weighted by Gasteiger charge is 2.30. The Morgan fingerprint density at radius 2 is 1.96 bits per heavy atom. The second-order valence-corrected chi connectivity index (χ2v) is 9.42. The first kappa shape index (κ1) is 19.5. The molecule has 4 rings (SSSR count). The summed E-state index contributed by atoms with van der Waals surface area (Å²) in [6.45, 7) is 6.68. The number of hydrogen-bond donors (Lipinski definition) is 2. The molecule has 7 nitrogen and oxygen atoms in total. The van der Waals surface area contributed by atoms with E-state index in [-0.39, 0.29) is 29.9 Å². The Kier molecular flexibility index (Phi) is 5.77. The molecule has 150 valence electrons. The normalized spacial score (nSPS) is 22.8. The van der Waals surface area contributed by atoms with Gasteiger partial charge in [-0.15, -0.1) is 22.7 Å². The molecule has 2 aromatic rings. The number of morpholine rings is 1. The smallest absolute Gasteiger partial charge is 0.267 e. The fourth-order valence-corrected chi connectivity index (χ4v) is 4.84. The molecule has 0 radical (unpaired) electrons. The molecular formula is C19H24N4O3S2. The molecule has 2 N–H and O–H groups in total. The van der Waals surface area contributed by atoms with Crippen LogP contribution in [-0.2, 0) is 16.1 Å². The van der Waals surface area contributed by atoms with Crippen molar-refractivity contribution in [1.29, 1.82) is 0 Å². The van der Waals surface area contributed by atoms with Crippen LogP contribution in [0.15, 0.2) is 17.5 Å². The van der Waals surface area contributed by atoms with E-state index in [9.17, 15) is 9.59 Å². The number of nitrogens with one attached hydrogen (secondary N) is 2. The number of amides is 2. The van der Waals surface area contributed by atoms with Crippen molar-refractivity contribution in [3.05, 3.63) is 28.1 Å². The third-order valence-electron chi connectivity index (χ3n) is 4.68. The van der Waals surface area contributed by atoms with E-state index in [2.05, 4.69) is 34.4 Å². The lowest BCUT2D eigenvalue weighted by molar-refractivity contribution is -0.117. The predicted octanol–water partition coefficient (Wildman–Crippen LogP) is 3.41. The first-order chi connectivity index (χ1) is 13.5. The van der Waals surface area contributed by atoms with Gasteiger partial charge in [0.25, 0.3) is 5.91 Å². The van der Waals surface area contributed by atoms with Gasteiger partial charge in [-0.1, -0.05) is 0 Å². The maximum Gasteiger partial charge on any atom is 0.267 e. The highest BCUT2D eigenvalue weighted by atomic mass is 32.1. The van der Waals surface area contributed by atoms with E-state index in [1.54, 1.807) is 12.1 Å². The standard InChI is InChI=1S/C19H24N4O3S2/c1-11-7-23(8-12(2)26-11)9-14-10-27-19(20-14)22-18(25)15-5-6-16(28-15)21-17(24)13-3-4-13/h5-6,10-13H,3-4,7-9H2,1-2H3,(H,21,24)(H,20,22,25)/t11-,12-/m0/s1. The van der Waals surface area contributed by atoms with Crippen LogP contribution in [0.1, 0.15) is 42.1 Å². The quantitative estimate of drug-likeness (QED) is 0.748. The van der Waals surface area contributed by atoms with Gasteiger partial charge >= 0.3 is 0 Å². The number of aromatic nitrogens is 1. The largest absolute Gasteiger partial charge is 0.373 e. The van der Waals surface area contributed by atoms with Gasteiger partial charge < -0.3 is 10.1 Å². The van der Waals surface area contributed by atoms with Crippen molar-refractivity contribution in [1.82, 2.24) is 9.88 Å². The zero-order chi connectivity index (χ0) is 19.7. The molecule has 0 bridgehead atoms. The van der Waals surface area contributed by atoms with E-state index < -0.39 is 0 Å². The molecule has 9 heteroatoms. The second-order valence-electron chi connectivity index (χ2n) is 7.48. The minimum Gasteiger partial charge on any atom is -0.373 e. The molecule has 0 unspecified atom stereocenters. The van der Waals surface area contributed by atoms with Crippen LogP contribution in [-0.4, -0.2) is 47.0 Å². The van der Waals surface area contributed by atoms with Crippen molar-refractivity contribution >= 4 is 44.6 Å². The molecule has 2 fully saturated rings. The molecule has 1 aliphatic heterocycles. The zero-order valence-corrected chi connectivity index (χ0v) is 17.6. The number of rotatable bonds is 6. The van der Waals surface area contributed by atoms with Crippen LogP contribution in [0.5, 0.6) is 0 Å². The molecule has 28 heavy (non-hydrogen) atoms. The number of ether oxygens (including phenoxy) is 1. The van der Waals surface area contributed by atoms with Gasteiger partial charge in [0.05, 0.1) is 27.8 Å². The van der Waals surface area contributed by atoms with Crippen LogP contribution in [0.4, 0.5) is 10.1 Å². The molecule has 3 heterocycles. The summed E-state index contributed by atoms with van der Waals surface area (Å²) < 4.78 is 5.76. The van der Waals surface area contributed by atoms with Crippen LogP contribution < -0.4 is 10.6 Å². The average molecular weight is 421 g/mol. The van der Waals surface area contributed by atoms with Gasteiger partial charge in [0.15, 0.2) is 5.13 Å². The van der Waals surface area contributed by atoms with Crippen LogP contribution in [0, 0.1) is 5.92 Å². The molecule has 1 saturated carbocycles. The minimum atomic E-state index is -0.202. The monoisotopic (exact) mass is 420 g/mol. The van der Waals surface area contributed by atoms with Gasteiger partial charge in [0, 0.05) is 30.9 Å². The maximum absolute atomic E-state index is 12.5. The third kappa shape index (κ3) is 4.96. The molecule has 1 aliphatic carbocycles. The van der Waals surface area contributed by atoms with Gasteiger partial charge in [-0.05, 0) is 38.8 Å². The molecular weight excluding hydrogens is 396 g/mol. The molecule has 2 amide bonds. The summed E-state index contributed by atoms with van der Waals surface area (Å²) in [4.78, 5) is 31.7. The van der Waals surface area contributed by atoms with Crippen LogP contribution in [0.25, 0.3) is 0 Å². The molecule has 0 spiro atoms. The van der Waals surface area contributed by atoms with Crippen molar-refractivity contribution in [3.63, 3.8) is 0 Å². The fourth-order valence-electron chi connectivity index (χ4n) is 3.33. The summed E-state index contributed by atoms with van der Waals surface area (Å²) in [7, 11) is 0. The van der Waals surface area contributed by atoms with Crippen molar-refractivity contribution < 1.29 is 14.3 Å². The molecule has 2 atom stereocenters. The Hall–Kier alpha value is -1.81. The van der Waals surface area contributed by atoms with Gasteiger partial charge in [0.1, 0.15) is 0 Å². The van der Waals surface area contributed by atoms with E-state index in [0.717, 1.165) is 38.2 Å². The van der Waals surface area contributed by atoms with Gasteiger partial charge in [0.2, 0.25) is 5.91 Å². The Bertz CT molecular complexity index is 851. The second kappa shape index (κ2) is 8.28. The summed E-state index contributed by atoms with van der Waals surface area (Å²) in [6.07, 6.45) is 2.35. The number of hydrogen-bond acceptors (Lipinski definition) is 7. The van der Waals surface area contributed by atoms with E-state index in [1.165, 1.54) is 22.7 Å². The molecule has 2 aliphatic rings. The van der Waals surface area contributed by atoms with Crippen LogP contribution in [0.2, 0.25) is 0 Å². The number of nitrogens with zero attached hydrogens (tertiary/aromatic N) is 2. The topological polar surface area (TPSA) is 83.6 Å². The minimum absolute atomic E-state index is 0.0464. The summed E-state index contributed by atoms with van der Waals surface area (Å²) in [5.41, 5.74) is 0.949. The van der Waals surface area contributed by atoms with Crippen LogP contribution in [0.3, 0.4) is 0 Å². The van der Waals surface area contributed by atoms with Gasteiger partial charge in [-0.25, -0.2) is 4.98 Å². The number of anilines is 2. The Morgan fingerprint density at radius 3 is 2.68 bits per heavy atom. The highest BCUT2D eigenvalue weighted by Crippen LogP contribution is 2.32. The number of carbonyl (C=O) groups is 2. The average Bonchev–Trinajstić information content (AvgIpc) is 3.23. The van der Waals surface area contributed by atoms with Gasteiger partial charge in [-0.3, -0.25) is 19.8 Å². The van der Waals surface area contributed by atoms with Crippen LogP contribution >= 0.6 is 22.7 Å². The van der Waals surface area contributed by atoms with E-state index in [0.29, 0.717) is 15.0 Å². The summed E-state index contributed by atoms with van der Waals surface area (Å²) >= 11 is 2.71. The number of thiophene rings is 1. The zero-order valence-electron chi connectivity index (χ0n) is 15.9. The van der Waals surface area contributed by atoms with Crippen molar-refractivity contribution in [3.8, 4) is 0 Å². The number of thiazole rings is 1. The first-order valence-electron chi connectivity index (χ1n) is 9.50. The van der Waals surface area contributed by atoms with Crippen molar-refractivity contribution in [2.45, 2.75) is 45.4 Å². The predicted molar refractivity (Wildman–Crippen MR) is 111 cm³/mol. The van der Waals surface area contributed by atoms with Crippen molar-refractivity contribution in [2.75, 3.05) is 23.7 Å². The first-order valence-corrected chi connectivity index (χ1v) is 11.2. The fraction of sp³-hybridized carbons (Fsp3) is 0.526. The Morgan fingerprint density at radius 1 is 1.21 bits per heavy atom.